The summed E-state index contributed by atoms with van der Waals surface area (Å²) in [7, 11) is 0. The molecule has 1 aliphatic heterocycles. The van der Waals surface area contributed by atoms with Crippen LogP contribution in [-0.4, -0.2) is 41.2 Å². The number of carboxylic acid groups (broad SMARTS) is 1. The Balaban J connectivity index is 2.08. The Hall–Kier alpha value is -1.69. The minimum atomic E-state index is -0.973. The summed E-state index contributed by atoms with van der Waals surface area (Å²) in [5, 5.41) is 12.6. The molecule has 0 aliphatic carbocycles. The number of thioether (sulfide) groups is 1. The van der Waals surface area contributed by atoms with Gasteiger partial charge in [-0.1, -0.05) is 25.1 Å². The number of amides is 2. The number of rotatable bonds is 5. The van der Waals surface area contributed by atoms with Crippen molar-refractivity contribution in [2.45, 2.75) is 31.1 Å². The fourth-order valence-corrected chi connectivity index (χ4v) is 2.77. The number of nitrogens with one attached hydrogen (secondary N) is 1. The summed E-state index contributed by atoms with van der Waals surface area (Å²) in [6.45, 7) is 2.65. The van der Waals surface area contributed by atoms with Gasteiger partial charge >= 0.3 is 12.0 Å². The molecule has 5 nitrogen and oxygen atoms in total. The van der Waals surface area contributed by atoms with Gasteiger partial charge in [-0.2, -0.15) is 11.8 Å². The van der Waals surface area contributed by atoms with Crippen molar-refractivity contribution in [2.24, 2.45) is 0 Å². The van der Waals surface area contributed by atoms with E-state index in [4.69, 9.17) is 0 Å². The molecular weight excluding hydrogens is 288 g/mol. The quantitative estimate of drug-likeness (QED) is 0.876. The maximum atomic E-state index is 12.3. The van der Waals surface area contributed by atoms with Crippen LogP contribution in [0.2, 0.25) is 0 Å². The van der Waals surface area contributed by atoms with Gasteiger partial charge in [0.2, 0.25) is 0 Å². The van der Waals surface area contributed by atoms with Gasteiger partial charge in [0.1, 0.15) is 6.04 Å². The van der Waals surface area contributed by atoms with Crippen LogP contribution in [0.5, 0.6) is 0 Å². The van der Waals surface area contributed by atoms with Crippen molar-refractivity contribution in [3.05, 3.63) is 29.8 Å². The van der Waals surface area contributed by atoms with Gasteiger partial charge in [-0.25, -0.2) is 9.59 Å². The lowest BCUT2D eigenvalue weighted by Crippen LogP contribution is -2.48. The Kier molecular flexibility index (Phi) is 5.12. The molecule has 1 aromatic rings. The molecular formula is C15H20N2O3S. The van der Waals surface area contributed by atoms with Crippen LogP contribution in [0, 0.1) is 0 Å². The van der Waals surface area contributed by atoms with E-state index in [9.17, 15) is 14.7 Å². The van der Waals surface area contributed by atoms with Gasteiger partial charge in [-0.3, -0.25) is 4.90 Å². The number of urea groups is 1. The zero-order chi connectivity index (χ0) is 15.4. The number of benzene rings is 1. The second-order valence-electron chi connectivity index (χ2n) is 5.12. The second-order valence-corrected chi connectivity index (χ2v) is 6.40. The molecule has 21 heavy (non-hydrogen) atoms. The number of nitrogens with zero attached hydrogens (tertiary/aromatic N) is 1. The van der Waals surface area contributed by atoms with Crippen LogP contribution >= 0.6 is 11.8 Å². The topological polar surface area (TPSA) is 69.6 Å². The van der Waals surface area contributed by atoms with Gasteiger partial charge in [-0.05, 0) is 24.3 Å². The van der Waals surface area contributed by atoms with E-state index in [1.165, 1.54) is 4.90 Å². The van der Waals surface area contributed by atoms with Crippen LogP contribution in [0.4, 0.5) is 10.5 Å². The molecule has 0 bridgehead atoms. The summed E-state index contributed by atoms with van der Waals surface area (Å²) >= 11 is 1.74. The van der Waals surface area contributed by atoms with Crippen molar-refractivity contribution in [1.29, 1.82) is 0 Å². The van der Waals surface area contributed by atoms with E-state index in [1.54, 1.807) is 17.8 Å². The highest BCUT2D eigenvalue weighted by atomic mass is 32.2. The first-order valence-corrected chi connectivity index (χ1v) is 8.24. The average molecular weight is 308 g/mol. The fourth-order valence-electron chi connectivity index (χ4n) is 2.42. The highest BCUT2D eigenvalue weighted by Crippen LogP contribution is 2.32. The van der Waals surface area contributed by atoms with E-state index in [0.717, 1.165) is 12.0 Å². The Morgan fingerprint density at radius 3 is 2.86 bits per heavy atom. The number of carbonyl (C=O) groups is 2. The van der Waals surface area contributed by atoms with Crippen LogP contribution in [0.25, 0.3) is 0 Å². The molecule has 2 amide bonds. The van der Waals surface area contributed by atoms with Gasteiger partial charge in [0.15, 0.2) is 0 Å². The number of anilines is 1. The minimum Gasteiger partial charge on any atom is -0.480 e. The normalized spacial score (nSPS) is 18.2. The smallest absolute Gasteiger partial charge is 0.327 e. The molecule has 2 atom stereocenters. The summed E-state index contributed by atoms with van der Waals surface area (Å²) < 4.78 is 0. The molecule has 1 aliphatic rings. The van der Waals surface area contributed by atoms with Crippen molar-refractivity contribution in [3.63, 3.8) is 0 Å². The number of aliphatic carboxylic acids is 1. The summed E-state index contributed by atoms with van der Waals surface area (Å²) in [5.74, 6) is -0.973. The largest absolute Gasteiger partial charge is 0.480 e. The van der Waals surface area contributed by atoms with Gasteiger partial charge in [0.25, 0.3) is 0 Å². The minimum absolute atomic E-state index is 0.333. The highest BCUT2D eigenvalue weighted by Gasteiger charge is 2.38. The molecule has 1 unspecified atom stereocenters. The SMILES string of the molecule is CSC(C)CCNC(=O)N1c2ccccc2C[C@H]1C(=O)O. The van der Waals surface area contributed by atoms with E-state index < -0.39 is 12.0 Å². The molecule has 0 aromatic heterocycles. The van der Waals surface area contributed by atoms with Crippen LogP contribution < -0.4 is 10.2 Å². The predicted molar refractivity (Wildman–Crippen MR) is 85.0 cm³/mol. The Labute approximate surface area is 128 Å². The molecule has 6 heteroatoms. The Bertz CT molecular complexity index is 535. The third kappa shape index (κ3) is 3.50. The van der Waals surface area contributed by atoms with Crippen LogP contribution in [0.15, 0.2) is 24.3 Å². The third-order valence-electron chi connectivity index (χ3n) is 3.71. The van der Waals surface area contributed by atoms with E-state index in [2.05, 4.69) is 12.2 Å². The first-order valence-electron chi connectivity index (χ1n) is 6.95. The monoisotopic (exact) mass is 308 g/mol. The van der Waals surface area contributed by atoms with E-state index in [-0.39, 0.29) is 6.03 Å². The van der Waals surface area contributed by atoms with Crippen LogP contribution in [0.3, 0.4) is 0 Å². The number of carbonyl (C=O) groups excluding carboxylic acids is 1. The number of fused-ring (bicyclic) bond motifs is 1. The van der Waals surface area contributed by atoms with E-state index in [0.29, 0.717) is 23.9 Å². The molecule has 2 rings (SSSR count). The summed E-state index contributed by atoms with van der Waals surface area (Å²) in [5.41, 5.74) is 1.60. The third-order valence-corrected chi connectivity index (χ3v) is 4.75. The molecule has 1 heterocycles. The van der Waals surface area contributed by atoms with Crippen LogP contribution in [0.1, 0.15) is 18.9 Å². The molecule has 2 N–H and O–H groups in total. The summed E-state index contributed by atoms with van der Waals surface area (Å²) in [4.78, 5) is 25.1. The lowest BCUT2D eigenvalue weighted by Gasteiger charge is -2.23. The molecule has 0 spiro atoms. The van der Waals surface area contributed by atoms with Crippen molar-refractivity contribution in [2.75, 3.05) is 17.7 Å². The standard InChI is InChI=1S/C15H20N2O3S/c1-10(21-2)7-8-16-15(20)17-12-6-4-3-5-11(12)9-13(17)14(18)19/h3-6,10,13H,7-9H2,1-2H3,(H,16,20)(H,18,19)/t10?,13-/m0/s1. The fraction of sp³-hybridized carbons (Fsp3) is 0.467. The summed E-state index contributed by atoms with van der Waals surface area (Å²) in [6, 6.07) is 6.19. The predicted octanol–water partition coefficient (Wildman–Crippen LogP) is 2.35. The van der Waals surface area contributed by atoms with E-state index in [1.807, 2.05) is 24.5 Å². The number of para-hydroxylation sites is 1. The lowest BCUT2D eigenvalue weighted by molar-refractivity contribution is -0.138. The molecule has 0 saturated carbocycles. The first-order chi connectivity index (χ1) is 10.0. The van der Waals surface area contributed by atoms with Gasteiger partial charge < -0.3 is 10.4 Å². The second kappa shape index (κ2) is 6.85. The average Bonchev–Trinajstić information content (AvgIpc) is 2.86. The first kappa shape index (κ1) is 15.7. The van der Waals surface area contributed by atoms with Gasteiger partial charge in [0, 0.05) is 23.9 Å². The van der Waals surface area contributed by atoms with Crippen molar-refractivity contribution >= 4 is 29.4 Å². The maximum Gasteiger partial charge on any atom is 0.327 e. The molecule has 0 saturated heterocycles. The van der Waals surface area contributed by atoms with Gasteiger partial charge in [-0.15, -0.1) is 0 Å². The Morgan fingerprint density at radius 1 is 1.48 bits per heavy atom. The maximum absolute atomic E-state index is 12.3. The molecule has 0 radical (unpaired) electrons. The molecule has 114 valence electrons. The van der Waals surface area contributed by atoms with Crippen molar-refractivity contribution in [3.8, 4) is 0 Å². The van der Waals surface area contributed by atoms with Crippen molar-refractivity contribution < 1.29 is 14.7 Å². The highest BCUT2D eigenvalue weighted by molar-refractivity contribution is 7.99. The Morgan fingerprint density at radius 2 is 2.19 bits per heavy atom. The van der Waals surface area contributed by atoms with Crippen LogP contribution in [-0.2, 0) is 11.2 Å². The zero-order valence-corrected chi connectivity index (χ0v) is 13.0. The molecule has 1 aromatic carbocycles. The zero-order valence-electron chi connectivity index (χ0n) is 12.2. The van der Waals surface area contributed by atoms with Gasteiger partial charge in [0.05, 0.1) is 0 Å². The lowest BCUT2D eigenvalue weighted by atomic mass is 10.1. The number of hydrogen-bond donors (Lipinski definition) is 2. The summed E-state index contributed by atoms with van der Waals surface area (Å²) in [6.07, 6.45) is 3.25. The van der Waals surface area contributed by atoms with E-state index >= 15 is 0 Å². The number of hydrogen-bond acceptors (Lipinski definition) is 3. The van der Waals surface area contributed by atoms with Crippen molar-refractivity contribution in [1.82, 2.24) is 5.32 Å². The number of carboxylic acids is 1. The molecule has 0 fully saturated rings.